The molecule has 0 saturated heterocycles. The maximum Gasteiger partial charge on any atom is 0.235 e. The number of para-hydroxylation sites is 4. The first-order valence-electron chi connectivity index (χ1n) is 49.5. The molecule has 33 rings (SSSR count). The van der Waals surface area contributed by atoms with Gasteiger partial charge in [0.05, 0.1) is 95.4 Å². The average molecular weight is 1820 g/mol. The molecule has 662 valence electrons. The third kappa shape index (κ3) is 11.6. The number of hydrogen-bond acceptors (Lipinski definition) is 4. The summed E-state index contributed by atoms with van der Waals surface area (Å²) < 4.78 is 9.76. The van der Waals surface area contributed by atoms with Crippen LogP contribution in [0, 0.1) is 0 Å². The lowest BCUT2D eigenvalue weighted by molar-refractivity contribution is 0.996. The molecular weight excluding hydrogens is 1750 g/mol. The van der Waals surface area contributed by atoms with Crippen molar-refractivity contribution in [2.75, 3.05) is 0 Å². The topological polar surface area (TPSA) is 71.3 Å². The standard InChI is InChI=1S/C92H50N4.C44H28N4/c1-3-19-80-73(17-1)74-37-38-82-91(92(74)96(80)72-49-78(69-43-63-33-25-55-13-7-14-56-26-34-64(44-69)89(63)85(55)56)94-79(50-72)70-45-65-35-27-57-15-8-16-58-28-36-66(46-70)90(65)86(57)58)75-18-2-4-20-81(75)95(82)71-47-76(67-39-59-29-21-51-9-5-10-52-22-30-60(40-67)87(59)83(51)52)93-77(48-71)68-41-61-31-23-53-11-6-12-54-24-32-62(42-68)88(61)84(53)54;1-3-15-30(16-4-1)36-28-37(31-17-5-2-6-18-31)46-44(45-36)48-40-24-12-10-22-35(40)42-41(48)27-26-34-33-21-9-11-23-39(33)47(43(34)42)38-25-13-19-29-14-7-8-20-32(29)38/h1-50H;1-28H. The molecule has 0 aliphatic heterocycles. The van der Waals surface area contributed by atoms with Crippen LogP contribution in [0.15, 0.2) is 473 Å². The summed E-state index contributed by atoms with van der Waals surface area (Å²) in [5.41, 5.74) is 24.1. The van der Waals surface area contributed by atoms with Crippen molar-refractivity contribution in [3.8, 4) is 90.6 Å². The van der Waals surface area contributed by atoms with Crippen molar-refractivity contribution in [2.24, 2.45) is 0 Å². The maximum atomic E-state index is 5.79. The zero-order chi connectivity index (χ0) is 93.8. The summed E-state index contributed by atoms with van der Waals surface area (Å²) in [6, 6.07) is 174. The summed E-state index contributed by atoms with van der Waals surface area (Å²) in [4.78, 5) is 22.1. The molecule has 33 aromatic rings. The summed E-state index contributed by atoms with van der Waals surface area (Å²) in [6.07, 6.45) is 0. The van der Waals surface area contributed by atoms with Crippen molar-refractivity contribution < 1.29 is 0 Å². The first-order valence-corrected chi connectivity index (χ1v) is 49.5. The fraction of sp³-hybridized carbons (Fsp3) is 0. The second kappa shape index (κ2) is 30.1. The second-order valence-corrected chi connectivity index (χ2v) is 39.0. The highest BCUT2D eigenvalue weighted by Crippen LogP contribution is 2.51. The minimum absolute atomic E-state index is 0.647. The third-order valence-electron chi connectivity index (χ3n) is 31.2. The Morgan fingerprint density at radius 2 is 0.396 bits per heavy atom. The minimum Gasteiger partial charge on any atom is -0.309 e. The van der Waals surface area contributed by atoms with E-state index in [0.29, 0.717) is 5.95 Å². The largest absolute Gasteiger partial charge is 0.309 e. The van der Waals surface area contributed by atoms with E-state index in [1.165, 1.54) is 189 Å². The van der Waals surface area contributed by atoms with E-state index in [9.17, 15) is 0 Å². The Hall–Kier alpha value is -19.3. The van der Waals surface area contributed by atoms with Gasteiger partial charge in [0.1, 0.15) is 0 Å². The zero-order valence-electron chi connectivity index (χ0n) is 77.6. The molecule has 0 aliphatic rings. The van der Waals surface area contributed by atoms with Gasteiger partial charge in [-0.15, -0.1) is 0 Å². The molecule has 0 aliphatic carbocycles. The Labute approximate surface area is 823 Å². The van der Waals surface area contributed by atoms with E-state index in [2.05, 4.69) is 479 Å². The summed E-state index contributed by atoms with van der Waals surface area (Å²) in [7, 11) is 0. The molecular formula is C136H78N8. The summed E-state index contributed by atoms with van der Waals surface area (Å²) in [5, 5.41) is 42.0. The maximum absolute atomic E-state index is 5.79. The van der Waals surface area contributed by atoms with E-state index in [1.54, 1.807) is 0 Å². The third-order valence-corrected chi connectivity index (χ3v) is 31.2. The van der Waals surface area contributed by atoms with Crippen molar-refractivity contribution in [3.05, 3.63) is 473 Å². The highest BCUT2D eigenvalue weighted by atomic mass is 15.2. The Morgan fingerprint density at radius 1 is 0.132 bits per heavy atom. The first kappa shape index (κ1) is 78.7. The molecule has 0 unspecified atom stereocenters. The Morgan fingerprint density at radius 3 is 0.778 bits per heavy atom. The zero-order valence-corrected chi connectivity index (χ0v) is 77.6. The molecule has 0 saturated carbocycles. The minimum atomic E-state index is 0.647. The highest BCUT2D eigenvalue weighted by molar-refractivity contribution is 6.32. The van der Waals surface area contributed by atoms with Gasteiger partial charge in [0.2, 0.25) is 5.95 Å². The van der Waals surface area contributed by atoms with Crippen LogP contribution >= 0.6 is 0 Å². The van der Waals surface area contributed by atoms with Gasteiger partial charge in [0.25, 0.3) is 0 Å². The van der Waals surface area contributed by atoms with Crippen LogP contribution in [-0.2, 0) is 0 Å². The molecule has 144 heavy (non-hydrogen) atoms. The van der Waals surface area contributed by atoms with Gasteiger partial charge in [-0.3, -0.25) is 4.57 Å². The van der Waals surface area contributed by atoms with Crippen LogP contribution in [0.25, 0.3) is 318 Å². The second-order valence-electron chi connectivity index (χ2n) is 39.0. The van der Waals surface area contributed by atoms with Crippen molar-refractivity contribution in [3.63, 3.8) is 0 Å². The van der Waals surface area contributed by atoms with Crippen LogP contribution in [0.1, 0.15) is 0 Å². The van der Waals surface area contributed by atoms with Crippen molar-refractivity contribution >= 4 is 227 Å². The van der Waals surface area contributed by atoms with Gasteiger partial charge in [0, 0.05) is 81.9 Å². The van der Waals surface area contributed by atoms with Crippen LogP contribution in [0.4, 0.5) is 0 Å². The molecule has 8 nitrogen and oxygen atoms in total. The molecule has 8 heteroatoms. The van der Waals surface area contributed by atoms with Crippen molar-refractivity contribution in [1.82, 2.24) is 38.2 Å². The lowest BCUT2D eigenvalue weighted by atomic mass is 9.91. The van der Waals surface area contributed by atoms with E-state index >= 15 is 0 Å². The normalized spacial score (nSPS) is 12.3. The fourth-order valence-electron chi connectivity index (χ4n) is 25.0. The van der Waals surface area contributed by atoms with Crippen LogP contribution in [-0.4, -0.2) is 38.2 Å². The fourth-order valence-corrected chi connectivity index (χ4v) is 25.0. The van der Waals surface area contributed by atoms with Gasteiger partial charge in [0.15, 0.2) is 0 Å². The number of rotatable bonds is 10. The molecule has 0 atom stereocenters. The van der Waals surface area contributed by atoms with Gasteiger partial charge in [-0.05, 0) is 256 Å². The molecule has 26 aromatic carbocycles. The van der Waals surface area contributed by atoms with Crippen LogP contribution in [0.3, 0.4) is 0 Å². The van der Waals surface area contributed by atoms with Gasteiger partial charge in [-0.2, -0.15) is 0 Å². The van der Waals surface area contributed by atoms with Gasteiger partial charge >= 0.3 is 0 Å². The number of hydrogen-bond donors (Lipinski definition) is 0. The van der Waals surface area contributed by atoms with E-state index in [1.807, 2.05) is 12.1 Å². The van der Waals surface area contributed by atoms with Gasteiger partial charge in [-0.1, -0.05) is 352 Å². The molecule has 7 aromatic heterocycles. The number of pyridine rings is 2. The van der Waals surface area contributed by atoms with E-state index in [0.717, 1.165) is 123 Å². The summed E-state index contributed by atoms with van der Waals surface area (Å²) in [5.74, 6) is 0.647. The monoisotopic (exact) mass is 1820 g/mol. The van der Waals surface area contributed by atoms with E-state index in [-0.39, 0.29) is 0 Å². The number of benzene rings is 26. The predicted octanol–water partition coefficient (Wildman–Crippen LogP) is 36.1. The predicted molar refractivity (Wildman–Crippen MR) is 606 cm³/mol. The van der Waals surface area contributed by atoms with E-state index in [4.69, 9.17) is 19.9 Å². The SMILES string of the molecule is c1cc2ccc3cc(-c4cc(-n5c6ccccc6c6c5ccc5c7ccccc7n(-c7cc(-c8cc9ccc%10cccc%11ccc(c8)c9c%10%11)nc(-c8cc9ccc%10cccc%11ccc(c8)c9c%10%11)c7)c56)cc(-c5cc6ccc7cccc8ccc(c5)c6c78)n4)cc4ccc(c1)c2c34.c1ccc(-c2cc(-c3ccccc3)nc(-n3c4ccccc4c4c3ccc3c5ccccc5n(-c5cccc6ccccc56)c34)n2)cc1. The van der Waals surface area contributed by atoms with Crippen LogP contribution in [0.2, 0.25) is 0 Å². The molecule has 0 fully saturated rings. The van der Waals surface area contributed by atoms with Gasteiger partial charge in [-0.25, -0.2) is 19.9 Å². The molecule has 0 N–H and O–H groups in total. The Balaban J connectivity index is 0.000000162. The molecule has 0 bridgehead atoms. The van der Waals surface area contributed by atoms with Gasteiger partial charge < -0.3 is 13.7 Å². The first-order chi connectivity index (χ1) is 71.3. The van der Waals surface area contributed by atoms with Crippen molar-refractivity contribution in [2.45, 2.75) is 0 Å². The number of fused-ring (bicyclic) bond motifs is 15. The smallest absolute Gasteiger partial charge is 0.235 e. The Bertz CT molecular complexity index is 10600. The van der Waals surface area contributed by atoms with E-state index < -0.39 is 0 Å². The highest BCUT2D eigenvalue weighted by Gasteiger charge is 2.29. The quantitative estimate of drug-likeness (QED) is 0.128. The average Bonchev–Trinajstić information content (AvgIpc) is 1.52. The molecule has 0 radical (unpaired) electrons. The van der Waals surface area contributed by atoms with Crippen LogP contribution < -0.4 is 0 Å². The Kier molecular flexibility index (Phi) is 16.5. The molecule has 0 spiro atoms. The molecule has 0 amide bonds. The van der Waals surface area contributed by atoms with Crippen LogP contribution in [0.5, 0.6) is 0 Å². The summed E-state index contributed by atoms with van der Waals surface area (Å²) >= 11 is 0. The lowest BCUT2D eigenvalue weighted by Gasteiger charge is -2.17. The number of nitrogens with zero attached hydrogens (tertiary/aromatic N) is 8. The summed E-state index contributed by atoms with van der Waals surface area (Å²) in [6.45, 7) is 0. The number of aromatic nitrogens is 8. The molecule has 7 heterocycles. The lowest BCUT2D eigenvalue weighted by Crippen LogP contribution is -2.04. The van der Waals surface area contributed by atoms with Crippen molar-refractivity contribution in [1.29, 1.82) is 0 Å².